The lowest BCUT2D eigenvalue weighted by atomic mass is 10.2. The van der Waals surface area contributed by atoms with Crippen LogP contribution in [-0.4, -0.2) is 22.5 Å². The maximum Gasteiger partial charge on any atom is 0.282 e. The Labute approximate surface area is 104 Å². The number of carbonyl (C=O) groups excluding carboxylic acids is 1. The Balaban J connectivity index is 2.35. The standard InChI is InChI=1S/C13H13N3O2/c1-14-12(17)11-13(18)16(8-7-15-11)9-10-5-3-2-4-6-10/h2-8H,9H2,1H3,(H,14,17). The molecule has 0 aliphatic rings. The van der Waals surface area contributed by atoms with Gasteiger partial charge >= 0.3 is 0 Å². The molecule has 0 unspecified atom stereocenters. The second-order valence-corrected chi connectivity index (χ2v) is 3.77. The first-order valence-electron chi connectivity index (χ1n) is 5.54. The van der Waals surface area contributed by atoms with E-state index in [0.29, 0.717) is 6.54 Å². The second-order valence-electron chi connectivity index (χ2n) is 3.77. The molecule has 0 bridgehead atoms. The number of rotatable bonds is 3. The molecule has 1 aromatic heterocycles. The van der Waals surface area contributed by atoms with Crippen LogP contribution in [-0.2, 0) is 6.54 Å². The summed E-state index contributed by atoms with van der Waals surface area (Å²) in [6, 6.07) is 9.57. The van der Waals surface area contributed by atoms with Crippen molar-refractivity contribution in [1.29, 1.82) is 0 Å². The van der Waals surface area contributed by atoms with Crippen molar-refractivity contribution in [1.82, 2.24) is 14.9 Å². The van der Waals surface area contributed by atoms with Gasteiger partial charge in [-0.3, -0.25) is 9.59 Å². The van der Waals surface area contributed by atoms with Crippen LogP contribution in [0.4, 0.5) is 0 Å². The third-order valence-corrected chi connectivity index (χ3v) is 2.55. The summed E-state index contributed by atoms with van der Waals surface area (Å²) in [6.07, 6.45) is 3.02. The lowest BCUT2D eigenvalue weighted by Gasteiger charge is -2.06. The van der Waals surface area contributed by atoms with Gasteiger partial charge in [-0.1, -0.05) is 30.3 Å². The predicted molar refractivity (Wildman–Crippen MR) is 67.4 cm³/mol. The van der Waals surface area contributed by atoms with E-state index in [2.05, 4.69) is 10.3 Å². The summed E-state index contributed by atoms with van der Waals surface area (Å²) >= 11 is 0. The Morgan fingerprint density at radius 3 is 2.72 bits per heavy atom. The van der Waals surface area contributed by atoms with Crippen LogP contribution in [0.5, 0.6) is 0 Å². The first kappa shape index (κ1) is 12.0. The fourth-order valence-corrected chi connectivity index (χ4v) is 1.63. The molecule has 0 aliphatic carbocycles. The van der Waals surface area contributed by atoms with E-state index in [-0.39, 0.29) is 11.3 Å². The second kappa shape index (κ2) is 5.27. The van der Waals surface area contributed by atoms with Gasteiger partial charge in [-0.2, -0.15) is 0 Å². The van der Waals surface area contributed by atoms with Gasteiger partial charge in [0.15, 0.2) is 5.69 Å². The summed E-state index contributed by atoms with van der Waals surface area (Å²) in [5.41, 5.74) is 0.519. The van der Waals surface area contributed by atoms with Crippen molar-refractivity contribution in [2.24, 2.45) is 0 Å². The molecule has 5 heteroatoms. The Bertz CT molecular complexity index is 605. The topological polar surface area (TPSA) is 64.0 Å². The van der Waals surface area contributed by atoms with Crippen molar-refractivity contribution in [3.05, 3.63) is 64.3 Å². The number of nitrogens with one attached hydrogen (secondary N) is 1. The highest BCUT2D eigenvalue weighted by atomic mass is 16.2. The Morgan fingerprint density at radius 2 is 2.06 bits per heavy atom. The zero-order valence-corrected chi connectivity index (χ0v) is 9.96. The van der Waals surface area contributed by atoms with E-state index in [9.17, 15) is 9.59 Å². The van der Waals surface area contributed by atoms with Crippen molar-refractivity contribution >= 4 is 5.91 Å². The largest absolute Gasteiger partial charge is 0.354 e. The first-order valence-corrected chi connectivity index (χ1v) is 5.54. The lowest BCUT2D eigenvalue weighted by Crippen LogP contribution is -2.32. The molecule has 2 rings (SSSR count). The summed E-state index contributed by atoms with van der Waals surface area (Å²) in [6.45, 7) is 0.423. The van der Waals surface area contributed by atoms with Crippen molar-refractivity contribution < 1.29 is 4.79 Å². The molecule has 0 fully saturated rings. The maximum absolute atomic E-state index is 12.0. The molecule has 1 heterocycles. The molecule has 18 heavy (non-hydrogen) atoms. The lowest BCUT2D eigenvalue weighted by molar-refractivity contribution is 0.0956. The van der Waals surface area contributed by atoms with E-state index < -0.39 is 5.91 Å². The third-order valence-electron chi connectivity index (χ3n) is 2.55. The molecule has 92 valence electrons. The number of carbonyl (C=O) groups is 1. The highest BCUT2D eigenvalue weighted by Crippen LogP contribution is 2.00. The molecule has 1 amide bonds. The predicted octanol–water partition coefficient (Wildman–Crippen LogP) is 0.651. The van der Waals surface area contributed by atoms with Gasteiger partial charge in [0, 0.05) is 19.4 Å². The van der Waals surface area contributed by atoms with Crippen molar-refractivity contribution in [2.45, 2.75) is 6.54 Å². The summed E-state index contributed by atoms with van der Waals surface area (Å²) in [7, 11) is 1.47. The molecule has 0 saturated carbocycles. The first-order chi connectivity index (χ1) is 8.72. The van der Waals surface area contributed by atoms with Gasteiger partial charge in [-0.25, -0.2) is 4.98 Å². The number of aromatic nitrogens is 2. The van der Waals surface area contributed by atoms with Gasteiger partial charge < -0.3 is 9.88 Å². The normalized spacial score (nSPS) is 10.1. The molecule has 2 aromatic rings. The minimum Gasteiger partial charge on any atom is -0.354 e. The fraction of sp³-hybridized carbons (Fsp3) is 0.154. The van der Waals surface area contributed by atoms with E-state index in [1.807, 2.05) is 30.3 Å². The Kier molecular flexibility index (Phi) is 3.52. The van der Waals surface area contributed by atoms with E-state index in [1.54, 1.807) is 6.20 Å². The highest BCUT2D eigenvalue weighted by Gasteiger charge is 2.11. The number of nitrogens with zero attached hydrogens (tertiary/aromatic N) is 2. The number of amides is 1. The molecular weight excluding hydrogens is 230 g/mol. The zero-order valence-electron chi connectivity index (χ0n) is 9.96. The monoisotopic (exact) mass is 243 g/mol. The molecule has 0 atom stereocenters. The number of hydrogen-bond donors (Lipinski definition) is 1. The van der Waals surface area contributed by atoms with Crippen LogP contribution in [0.1, 0.15) is 16.1 Å². The Hall–Kier alpha value is -2.43. The number of hydrogen-bond acceptors (Lipinski definition) is 3. The molecule has 0 spiro atoms. The van der Waals surface area contributed by atoms with Gasteiger partial charge in [-0.15, -0.1) is 0 Å². The van der Waals surface area contributed by atoms with E-state index in [1.165, 1.54) is 17.8 Å². The summed E-state index contributed by atoms with van der Waals surface area (Å²) in [5, 5.41) is 2.40. The third kappa shape index (κ3) is 2.45. The van der Waals surface area contributed by atoms with Gasteiger partial charge in [-0.05, 0) is 5.56 Å². The molecule has 0 aliphatic heterocycles. The fourth-order valence-electron chi connectivity index (χ4n) is 1.63. The summed E-state index contributed by atoms with van der Waals surface area (Å²) in [5.74, 6) is -0.470. The molecule has 0 saturated heterocycles. The van der Waals surface area contributed by atoms with Crippen LogP contribution in [0.2, 0.25) is 0 Å². The van der Waals surface area contributed by atoms with Gasteiger partial charge in [0.2, 0.25) is 0 Å². The maximum atomic E-state index is 12.0. The van der Waals surface area contributed by atoms with Crippen molar-refractivity contribution in [3.63, 3.8) is 0 Å². The SMILES string of the molecule is CNC(=O)c1nccn(Cc2ccccc2)c1=O. The van der Waals surface area contributed by atoms with E-state index >= 15 is 0 Å². The van der Waals surface area contributed by atoms with Crippen molar-refractivity contribution in [2.75, 3.05) is 7.05 Å². The van der Waals surface area contributed by atoms with E-state index in [0.717, 1.165) is 5.56 Å². The average molecular weight is 243 g/mol. The summed E-state index contributed by atoms with van der Waals surface area (Å²) < 4.78 is 1.47. The Morgan fingerprint density at radius 1 is 1.33 bits per heavy atom. The minimum absolute atomic E-state index is 0.0871. The minimum atomic E-state index is -0.470. The van der Waals surface area contributed by atoms with Crippen LogP contribution in [0.15, 0.2) is 47.5 Å². The highest BCUT2D eigenvalue weighted by molar-refractivity contribution is 5.91. The quantitative estimate of drug-likeness (QED) is 0.861. The molecule has 5 nitrogen and oxygen atoms in total. The molecule has 1 N–H and O–H groups in total. The van der Waals surface area contributed by atoms with Crippen LogP contribution in [0, 0.1) is 0 Å². The van der Waals surface area contributed by atoms with E-state index in [4.69, 9.17) is 0 Å². The van der Waals surface area contributed by atoms with Crippen LogP contribution >= 0.6 is 0 Å². The molecular formula is C13H13N3O2. The summed E-state index contributed by atoms with van der Waals surface area (Å²) in [4.78, 5) is 27.3. The van der Waals surface area contributed by atoms with Gasteiger partial charge in [0.1, 0.15) is 0 Å². The van der Waals surface area contributed by atoms with Crippen molar-refractivity contribution in [3.8, 4) is 0 Å². The number of benzene rings is 1. The molecule has 1 aromatic carbocycles. The van der Waals surface area contributed by atoms with Gasteiger partial charge in [0.05, 0.1) is 6.54 Å². The smallest absolute Gasteiger partial charge is 0.282 e. The van der Waals surface area contributed by atoms with Gasteiger partial charge in [0.25, 0.3) is 11.5 Å². The van der Waals surface area contributed by atoms with Crippen LogP contribution in [0.25, 0.3) is 0 Å². The average Bonchev–Trinajstić information content (AvgIpc) is 2.41. The van der Waals surface area contributed by atoms with Crippen LogP contribution < -0.4 is 10.9 Å². The molecule has 0 radical (unpaired) electrons. The zero-order chi connectivity index (χ0) is 13.0. The van der Waals surface area contributed by atoms with Crippen LogP contribution in [0.3, 0.4) is 0 Å².